The van der Waals surface area contributed by atoms with Gasteiger partial charge in [-0.2, -0.15) is 0 Å². The molecular formula is C19H22FN3O5S. The molecule has 0 unspecified atom stereocenters. The lowest BCUT2D eigenvalue weighted by molar-refractivity contribution is -0.116. The summed E-state index contributed by atoms with van der Waals surface area (Å²) in [6.07, 6.45) is -0.169. The molecule has 2 rings (SSSR count). The molecule has 0 saturated carbocycles. The van der Waals surface area contributed by atoms with Crippen LogP contribution in [0.2, 0.25) is 0 Å². The Morgan fingerprint density at radius 2 is 1.55 bits per heavy atom. The van der Waals surface area contributed by atoms with Crippen LogP contribution in [0.25, 0.3) is 0 Å². The molecule has 0 aromatic heterocycles. The number of ether oxygens (including phenoxy) is 1. The summed E-state index contributed by atoms with van der Waals surface area (Å²) >= 11 is 0. The summed E-state index contributed by atoms with van der Waals surface area (Å²) in [5.74, 6) is -0.788. The van der Waals surface area contributed by atoms with Crippen molar-refractivity contribution in [3.8, 4) is 0 Å². The Hall–Kier alpha value is -2.98. The monoisotopic (exact) mass is 423 g/mol. The van der Waals surface area contributed by atoms with Crippen LogP contribution in [-0.2, 0) is 19.6 Å². The van der Waals surface area contributed by atoms with Crippen LogP contribution in [0.4, 0.5) is 20.6 Å². The highest BCUT2D eigenvalue weighted by atomic mass is 32.2. The van der Waals surface area contributed by atoms with Crippen LogP contribution in [-0.4, -0.2) is 45.4 Å². The average molecular weight is 423 g/mol. The molecule has 0 heterocycles. The van der Waals surface area contributed by atoms with Crippen LogP contribution in [0, 0.1) is 5.82 Å². The number of benzene rings is 2. The van der Waals surface area contributed by atoms with Crippen LogP contribution in [0.15, 0.2) is 53.4 Å². The predicted molar refractivity (Wildman–Crippen MR) is 107 cm³/mol. The number of hydrogen-bond acceptors (Lipinski definition) is 5. The summed E-state index contributed by atoms with van der Waals surface area (Å²) in [7, 11) is -1.08. The van der Waals surface area contributed by atoms with E-state index in [4.69, 9.17) is 0 Å². The maximum Gasteiger partial charge on any atom is 0.411 e. The van der Waals surface area contributed by atoms with Crippen LogP contribution in [0.3, 0.4) is 0 Å². The Bertz CT molecular complexity index is 947. The van der Waals surface area contributed by atoms with Crippen molar-refractivity contribution < 1.29 is 27.1 Å². The molecule has 0 aliphatic carbocycles. The molecular weight excluding hydrogens is 401 g/mol. The van der Waals surface area contributed by atoms with E-state index in [-0.39, 0.29) is 23.8 Å². The maximum atomic E-state index is 13.0. The zero-order valence-corrected chi connectivity index (χ0v) is 16.8. The molecule has 0 fully saturated rings. The summed E-state index contributed by atoms with van der Waals surface area (Å²) in [4.78, 5) is 23.2. The van der Waals surface area contributed by atoms with Crippen molar-refractivity contribution in [2.45, 2.75) is 17.7 Å². The Morgan fingerprint density at radius 1 is 1.00 bits per heavy atom. The minimum atomic E-state index is -3.74. The van der Waals surface area contributed by atoms with Gasteiger partial charge in [0.25, 0.3) is 0 Å². The smallest absolute Gasteiger partial charge is 0.411 e. The average Bonchev–Trinajstić information content (AvgIpc) is 2.69. The van der Waals surface area contributed by atoms with Gasteiger partial charge in [-0.1, -0.05) is 0 Å². The van der Waals surface area contributed by atoms with Gasteiger partial charge in [0, 0.05) is 31.4 Å². The predicted octanol–water partition coefficient (Wildman–Crippen LogP) is 3.04. The van der Waals surface area contributed by atoms with E-state index in [1.807, 2.05) is 0 Å². The molecule has 0 spiro atoms. The minimum absolute atomic E-state index is 0.00787. The van der Waals surface area contributed by atoms with Crippen molar-refractivity contribution >= 4 is 33.4 Å². The van der Waals surface area contributed by atoms with Crippen LogP contribution in [0.1, 0.15) is 12.8 Å². The first-order chi connectivity index (χ1) is 13.7. The second-order valence-electron chi connectivity index (χ2n) is 6.13. The van der Waals surface area contributed by atoms with E-state index >= 15 is 0 Å². The Morgan fingerprint density at radius 3 is 2.10 bits per heavy atom. The first kappa shape index (κ1) is 22.3. The van der Waals surface area contributed by atoms with E-state index in [0.29, 0.717) is 17.8 Å². The number of methoxy groups -OCH3 is 1. The van der Waals surface area contributed by atoms with Crippen molar-refractivity contribution in [3.05, 3.63) is 54.3 Å². The zero-order chi connectivity index (χ0) is 21.4. The van der Waals surface area contributed by atoms with Crippen LogP contribution < -0.4 is 10.6 Å². The zero-order valence-electron chi connectivity index (χ0n) is 16.0. The molecule has 0 aliphatic heterocycles. The fraction of sp³-hybridized carbons (Fsp3) is 0.263. The number of carbonyl (C=O) groups is 2. The molecule has 0 bridgehead atoms. The van der Waals surface area contributed by atoms with E-state index in [2.05, 4.69) is 15.4 Å². The number of rotatable bonds is 8. The largest absolute Gasteiger partial charge is 0.453 e. The standard InChI is InChI=1S/C19H22FN3O5S/c1-23(29(26,27)17-11-5-14(20)6-12-17)13-3-4-18(24)21-15-7-9-16(10-8-15)22-19(25)28-2/h5-12H,3-4,13H2,1-2H3,(H,21,24)(H,22,25). The molecule has 8 nitrogen and oxygen atoms in total. The Kier molecular flexibility index (Phi) is 7.68. The van der Waals surface area contributed by atoms with Crippen molar-refractivity contribution in [2.75, 3.05) is 31.3 Å². The van der Waals surface area contributed by atoms with E-state index in [1.54, 1.807) is 24.3 Å². The minimum Gasteiger partial charge on any atom is -0.453 e. The number of sulfonamides is 1. The fourth-order valence-corrected chi connectivity index (χ4v) is 3.61. The molecule has 2 aromatic carbocycles. The topological polar surface area (TPSA) is 105 Å². The lowest BCUT2D eigenvalue weighted by Crippen LogP contribution is -2.28. The Labute approximate surface area is 168 Å². The summed E-state index contributed by atoms with van der Waals surface area (Å²) in [6.45, 7) is 0.134. The molecule has 156 valence electrons. The lowest BCUT2D eigenvalue weighted by Gasteiger charge is -2.17. The summed E-state index contributed by atoms with van der Waals surface area (Å²) in [6, 6.07) is 11.0. The maximum absolute atomic E-state index is 13.0. The van der Waals surface area contributed by atoms with Crippen molar-refractivity contribution in [1.82, 2.24) is 4.31 Å². The van der Waals surface area contributed by atoms with Gasteiger partial charge >= 0.3 is 6.09 Å². The van der Waals surface area contributed by atoms with E-state index < -0.39 is 21.9 Å². The van der Waals surface area contributed by atoms with Gasteiger partial charge in [-0.3, -0.25) is 10.1 Å². The first-order valence-electron chi connectivity index (χ1n) is 8.69. The highest BCUT2D eigenvalue weighted by Crippen LogP contribution is 2.16. The van der Waals surface area contributed by atoms with Gasteiger partial charge in [0.2, 0.25) is 15.9 Å². The number of amides is 2. The van der Waals surface area contributed by atoms with Crippen LogP contribution in [0.5, 0.6) is 0 Å². The quantitative estimate of drug-likeness (QED) is 0.679. The molecule has 0 aliphatic rings. The summed E-state index contributed by atoms with van der Waals surface area (Å²) in [5.41, 5.74) is 1.06. The third-order valence-electron chi connectivity index (χ3n) is 4.00. The van der Waals surface area contributed by atoms with Gasteiger partial charge in [-0.05, 0) is 55.0 Å². The number of hydrogen-bond donors (Lipinski definition) is 2. The molecule has 0 radical (unpaired) electrons. The van der Waals surface area contributed by atoms with Crippen molar-refractivity contribution in [1.29, 1.82) is 0 Å². The number of anilines is 2. The second-order valence-corrected chi connectivity index (χ2v) is 8.17. The van der Waals surface area contributed by atoms with Gasteiger partial charge in [0.1, 0.15) is 5.82 Å². The van der Waals surface area contributed by atoms with E-state index in [9.17, 15) is 22.4 Å². The molecule has 0 saturated heterocycles. The second kappa shape index (κ2) is 9.99. The first-order valence-corrected chi connectivity index (χ1v) is 10.1. The summed E-state index contributed by atoms with van der Waals surface area (Å²) in [5, 5.41) is 5.19. The van der Waals surface area contributed by atoms with E-state index in [0.717, 1.165) is 16.4 Å². The molecule has 2 N–H and O–H groups in total. The SMILES string of the molecule is COC(=O)Nc1ccc(NC(=O)CCCN(C)S(=O)(=O)c2ccc(F)cc2)cc1. The lowest BCUT2D eigenvalue weighted by atomic mass is 10.2. The van der Waals surface area contributed by atoms with Gasteiger partial charge in [0.15, 0.2) is 0 Å². The summed E-state index contributed by atoms with van der Waals surface area (Å²) < 4.78 is 43.4. The van der Waals surface area contributed by atoms with Crippen molar-refractivity contribution in [2.24, 2.45) is 0 Å². The molecule has 2 amide bonds. The molecule has 2 aromatic rings. The molecule has 10 heteroatoms. The van der Waals surface area contributed by atoms with Crippen LogP contribution >= 0.6 is 0 Å². The highest BCUT2D eigenvalue weighted by Gasteiger charge is 2.20. The third kappa shape index (κ3) is 6.54. The number of halogens is 1. The third-order valence-corrected chi connectivity index (χ3v) is 5.87. The molecule has 29 heavy (non-hydrogen) atoms. The Balaban J connectivity index is 1.81. The fourth-order valence-electron chi connectivity index (χ4n) is 2.40. The molecule has 0 atom stereocenters. The van der Waals surface area contributed by atoms with Crippen molar-refractivity contribution in [3.63, 3.8) is 0 Å². The van der Waals surface area contributed by atoms with E-state index in [1.165, 1.54) is 26.3 Å². The van der Waals surface area contributed by atoms with Gasteiger partial charge in [0.05, 0.1) is 12.0 Å². The number of nitrogens with zero attached hydrogens (tertiary/aromatic N) is 1. The number of nitrogens with one attached hydrogen (secondary N) is 2. The highest BCUT2D eigenvalue weighted by molar-refractivity contribution is 7.89. The normalized spacial score (nSPS) is 11.2. The van der Waals surface area contributed by atoms with Gasteiger partial charge < -0.3 is 10.1 Å². The number of carbonyl (C=O) groups excluding carboxylic acids is 2. The van der Waals surface area contributed by atoms with Gasteiger partial charge in [-0.25, -0.2) is 21.9 Å². The van der Waals surface area contributed by atoms with Gasteiger partial charge in [-0.15, -0.1) is 0 Å².